The van der Waals surface area contributed by atoms with Gasteiger partial charge in [0.15, 0.2) is 0 Å². The molecule has 7 nitrogen and oxygen atoms in total. The highest BCUT2D eigenvalue weighted by Crippen LogP contribution is 2.68. The Labute approximate surface area is 241 Å². The van der Waals surface area contributed by atoms with Gasteiger partial charge in [-0.3, -0.25) is 14.4 Å². The first-order chi connectivity index (χ1) is 18.1. The van der Waals surface area contributed by atoms with Crippen LogP contribution in [0, 0.1) is 17.8 Å². The lowest BCUT2D eigenvalue weighted by atomic mass is 9.70. The molecule has 8 atom stereocenters. The van der Waals surface area contributed by atoms with Crippen LogP contribution in [0.5, 0.6) is 0 Å². The number of likely N-dealkylation sites (tertiary alicyclic amines) is 1. The second-order valence-corrected chi connectivity index (χ2v) is 14.1. The zero-order valence-corrected chi connectivity index (χ0v) is 26.0. The SMILES string of the molecule is C=CCN(CCC)C(=O)[C@H]1[C@@H]2SC3(CC2Br)C(C(=O)N(CC=C)C(C)CCC)N([C@@H](CO)C(C)C)C(=O)[C@H]13. The van der Waals surface area contributed by atoms with Crippen molar-refractivity contribution in [2.24, 2.45) is 17.8 Å². The van der Waals surface area contributed by atoms with E-state index < -0.39 is 28.7 Å². The molecule has 2 bridgehead atoms. The second kappa shape index (κ2) is 12.9. The van der Waals surface area contributed by atoms with Crippen LogP contribution in [0.15, 0.2) is 25.3 Å². The molecule has 0 aromatic rings. The number of hydrogen-bond acceptors (Lipinski definition) is 5. The van der Waals surface area contributed by atoms with Gasteiger partial charge in [-0.2, -0.15) is 0 Å². The Morgan fingerprint density at radius 2 is 1.84 bits per heavy atom. The molecule has 0 saturated carbocycles. The third-order valence-electron chi connectivity index (χ3n) is 8.56. The number of alkyl halides is 1. The van der Waals surface area contributed by atoms with Crippen molar-refractivity contribution in [2.75, 3.05) is 26.2 Å². The van der Waals surface area contributed by atoms with Gasteiger partial charge in [-0.15, -0.1) is 24.9 Å². The minimum atomic E-state index is -0.745. The largest absolute Gasteiger partial charge is 0.394 e. The molecule has 3 aliphatic heterocycles. The Kier molecular flexibility index (Phi) is 10.6. The average Bonchev–Trinajstić information content (AvgIpc) is 3.45. The third kappa shape index (κ3) is 5.24. The van der Waals surface area contributed by atoms with E-state index in [1.54, 1.807) is 33.7 Å². The van der Waals surface area contributed by atoms with Gasteiger partial charge in [0.1, 0.15) is 6.04 Å². The van der Waals surface area contributed by atoms with E-state index in [2.05, 4.69) is 36.0 Å². The van der Waals surface area contributed by atoms with E-state index in [0.29, 0.717) is 26.1 Å². The fourth-order valence-corrected chi connectivity index (χ4v) is 10.5. The molecule has 4 unspecified atom stereocenters. The van der Waals surface area contributed by atoms with Crippen molar-refractivity contribution >= 4 is 45.4 Å². The molecule has 3 saturated heterocycles. The van der Waals surface area contributed by atoms with Gasteiger partial charge in [-0.25, -0.2) is 0 Å². The smallest absolute Gasteiger partial charge is 0.247 e. The topological polar surface area (TPSA) is 81.2 Å². The lowest BCUT2D eigenvalue weighted by Crippen LogP contribution is -2.60. The Morgan fingerprint density at radius 3 is 2.37 bits per heavy atom. The molecule has 0 aromatic heterocycles. The van der Waals surface area contributed by atoms with Gasteiger partial charge >= 0.3 is 0 Å². The lowest BCUT2D eigenvalue weighted by Gasteiger charge is -2.42. The van der Waals surface area contributed by atoms with Crippen molar-refractivity contribution in [2.45, 2.75) is 93.3 Å². The predicted molar refractivity (Wildman–Crippen MR) is 158 cm³/mol. The van der Waals surface area contributed by atoms with Crippen molar-refractivity contribution in [1.82, 2.24) is 14.7 Å². The summed E-state index contributed by atoms with van der Waals surface area (Å²) in [4.78, 5) is 48.4. The predicted octanol–water partition coefficient (Wildman–Crippen LogP) is 4.10. The zero-order valence-electron chi connectivity index (χ0n) is 23.6. The maximum absolute atomic E-state index is 14.6. The Morgan fingerprint density at radius 1 is 1.18 bits per heavy atom. The number of hydrogen-bond donors (Lipinski definition) is 1. The first-order valence-electron chi connectivity index (χ1n) is 14.1. The number of carbonyl (C=O) groups excluding carboxylic acids is 3. The van der Waals surface area contributed by atoms with Crippen molar-refractivity contribution in [1.29, 1.82) is 0 Å². The average molecular weight is 613 g/mol. The number of carbonyl (C=O) groups is 3. The quantitative estimate of drug-likeness (QED) is 0.236. The summed E-state index contributed by atoms with van der Waals surface area (Å²) in [7, 11) is 0. The number of halogens is 1. The molecule has 38 heavy (non-hydrogen) atoms. The fraction of sp³-hybridized carbons (Fsp3) is 0.759. The summed E-state index contributed by atoms with van der Waals surface area (Å²) >= 11 is 5.51. The Bertz CT molecular complexity index is 916. The van der Waals surface area contributed by atoms with Crippen LogP contribution >= 0.6 is 27.7 Å². The molecule has 0 aromatic carbocycles. The fourth-order valence-electron chi connectivity index (χ4n) is 6.89. The minimum Gasteiger partial charge on any atom is -0.394 e. The summed E-state index contributed by atoms with van der Waals surface area (Å²) < 4.78 is -0.729. The number of aliphatic hydroxyl groups excluding tert-OH is 1. The molecule has 214 valence electrons. The number of thioether (sulfide) groups is 1. The number of fused-ring (bicyclic) bond motifs is 1. The van der Waals surface area contributed by atoms with Crippen molar-refractivity contribution in [3.05, 3.63) is 25.3 Å². The van der Waals surface area contributed by atoms with Gasteiger partial charge < -0.3 is 19.8 Å². The summed E-state index contributed by atoms with van der Waals surface area (Å²) in [6.45, 7) is 19.0. The first-order valence-corrected chi connectivity index (χ1v) is 15.9. The van der Waals surface area contributed by atoms with Crippen LogP contribution in [-0.4, -0.2) is 96.7 Å². The summed E-state index contributed by atoms with van der Waals surface area (Å²) in [5.74, 6) is -1.47. The van der Waals surface area contributed by atoms with E-state index in [4.69, 9.17) is 0 Å². The van der Waals surface area contributed by atoms with Crippen LogP contribution in [0.1, 0.15) is 60.3 Å². The van der Waals surface area contributed by atoms with Gasteiger partial charge in [0.05, 0.1) is 29.2 Å². The van der Waals surface area contributed by atoms with Crippen LogP contribution in [0.4, 0.5) is 0 Å². The number of aliphatic hydroxyl groups is 1. The summed E-state index contributed by atoms with van der Waals surface area (Å²) in [6, 6.07) is -1.27. The van der Waals surface area contributed by atoms with E-state index in [-0.39, 0.29) is 46.4 Å². The lowest BCUT2D eigenvalue weighted by molar-refractivity contribution is -0.148. The van der Waals surface area contributed by atoms with Crippen molar-refractivity contribution in [3.63, 3.8) is 0 Å². The molecule has 1 N–H and O–H groups in total. The Hall–Kier alpha value is -1.32. The van der Waals surface area contributed by atoms with E-state index in [1.807, 2.05) is 32.6 Å². The Balaban J connectivity index is 2.15. The molecule has 0 aliphatic carbocycles. The highest BCUT2D eigenvalue weighted by atomic mass is 79.9. The van der Waals surface area contributed by atoms with Gasteiger partial charge in [0.2, 0.25) is 17.7 Å². The zero-order chi connectivity index (χ0) is 28.4. The van der Waals surface area contributed by atoms with Crippen molar-refractivity contribution in [3.8, 4) is 0 Å². The van der Waals surface area contributed by atoms with Crippen molar-refractivity contribution < 1.29 is 19.5 Å². The molecule has 3 fully saturated rings. The van der Waals surface area contributed by atoms with Crippen LogP contribution in [0.2, 0.25) is 0 Å². The number of rotatable bonds is 14. The molecule has 3 aliphatic rings. The second-order valence-electron chi connectivity index (χ2n) is 11.4. The van der Waals surface area contributed by atoms with E-state index in [1.165, 1.54) is 0 Å². The monoisotopic (exact) mass is 611 g/mol. The molecular formula is C29H46BrN3O4S. The normalized spacial score (nSPS) is 31.3. The number of nitrogens with zero attached hydrogens (tertiary/aromatic N) is 3. The minimum absolute atomic E-state index is 0.0144. The molecule has 3 rings (SSSR count). The van der Waals surface area contributed by atoms with Gasteiger partial charge in [-0.1, -0.05) is 62.2 Å². The van der Waals surface area contributed by atoms with E-state index in [0.717, 1.165) is 19.3 Å². The summed E-state index contributed by atoms with van der Waals surface area (Å²) in [5, 5.41) is 10.4. The van der Waals surface area contributed by atoms with E-state index in [9.17, 15) is 19.5 Å². The molecule has 0 radical (unpaired) electrons. The van der Waals surface area contributed by atoms with Crippen LogP contribution in [0.3, 0.4) is 0 Å². The number of amides is 3. The van der Waals surface area contributed by atoms with Gasteiger partial charge in [0.25, 0.3) is 0 Å². The molecular weight excluding hydrogens is 566 g/mol. The molecule has 3 heterocycles. The van der Waals surface area contributed by atoms with E-state index >= 15 is 0 Å². The molecule has 3 amide bonds. The first kappa shape index (κ1) is 31.2. The third-order valence-corrected chi connectivity index (χ3v) is 11.8. The maximum atomic E-state index is 14.6. The highest BCUT2D eigenvalue weighted by Gasteiger charge is 2.76. The van der Waals surface area contributed by atoms with Gasteiger partial charge in [0, 0.05) is 35.8 Å². The summed E-state index contributed by atoms with van der Waals surface area (Å²) in [5.41, 5.74) is 0. The standard InChI is InChI=1S/C29H46BrN3O4S/c1-8-12-19(7)32(15-11-4)28(37)25-29-16-20(30)24(38-29)22(26(35)31(13-9-2)14-10-3)23(29)27(36)33(25)21(17-34)18(5)6/h9,11,18-25,34H,2,4,8,10,12-17H2,1,3,5-7H3/t19?,20?,21-,22+,23-,24+,25?,29?/m0/s1. The summed E-state index contributed by atoms with van der Waals surface area (Å²) in [6.07, 6.45) is 6.68. The molecule has 9 heteroatoms. The van der Waals surface area contributed by atoms with Crippen LogP contribution in [0.25, 0.3) is 0 Å². The maximum Gasteiger partial charge on any atom is 0.247 e. The molecule has 1 spiro atoms. The van der Waals surface area contributed by atoms with Crippen LogP contribution in [-0.2, 0) is 14.4 Å². The van der Waals surface area contributed by atoms with Gasteiger partial charge in [-0.05, 0) is 32.1 Å². The highest BCUT2D eigenvalue weighted by molar-refractivity contribution is 9.09. The van der Waals surface area contributed by atoms with Crippen LogP contribution < -0.4 is 0 Å².